The van der Waals surface area contributed by atoms with Crippen molar-refractivity contribution in [2.24, 2.45) is 11.8 Å². The predicted octanol–water partition coefficient (Wildman–Crippen LogP) is 2.87. The van der Waals surface area contributed by atoms with Crippen LogP contribution in [0.5, 0.6) is 28.7 Å². The van der Waals surface area contributed by atoms with E-state index in [4.69, 9.17) is 28.4 Å². The molecule has 7 nitrogen and oxygen atoms in total. The van der Waals surface area contributed by atoms with Gasteiger partial charge < -0.3 is 33.5 Å². The number of benzene rings is 2. The highest BCUT2D eigenvalue weighted by Crippen LogP contribution is 2.47. The molecule has 2 saturated heterocycles. The molecule has 0 unspecified atom stereocenters. The van der Waals surface area contributed by atoms with Gasteiger partial charge in [0.25, 0.3) is 0 Å². The van der Waals surface area contributed by atoms with Crippen molar-refractivity contribution in [1.82, 2.24) is 0 Å². The maximum Gasteiger partial charge on any atom is 0.231 e. The van der Waals surface area contributed by atoms with Gasteiger partial charge >= 0.3 is 0 Å². The summed E-state index contributed by atoms with van der Waals surface area (Å²) in [7, 11) is 1.50. The van der Waals surface area contributed by atoms with Gasteiger partial charge in [-0.2, -0.15) is 0 Å². The highest BCUT2D eigenvalue weighted by molar-refractivity contribution is 5.46. The molecule has 0 aliphatic carbocycles. The van der Waals surface area contributed by atoms with E-state index < -0.39 is 6.29 Å². The Hall–Kier alpha value is -2.64. The molecular formula is C20H20O7. The molecule has 0 amide bonds. The summed E-state index contributed by atoms with van der Waals surface area (Å²) in [5, 5.41) is 9.72. The Balaban J connectivity index is 1.31. The number of phenols is 1. The van der Waals surface area contributed by atoms with Crippen LogP contribution in [0.1, 0.15) is 11.7 Å². The van der Waals surface area contributed by atoms with Crippen LogP contribution < -0.4 is 18.9 Å². The van der Waals surface area contributed by atoms with E-state index in [1.165, 1.54) is 7.11 Å². The Morgan fingerprint density at radius 3 is 2.70 bits per heavy atom. The molecular weight excluding hydrogens is 352 g/mol. The summed E-state index contributed by atoms with van der Waals surface area (Å²) in [6, 6.07) is 10.8. The number of phenolic OH excluding ortho intramolecular Hbond substituents is 1. The summed E-state index contributed by atoms with van der Waals surface area (Å²) < 4.78 is 34.0. The van der Waals surface area contributed by atoms with Crippen LogP contribution in [0.15, 0.2) is 36.4 Å². The van der Waals surface area contributed by atoms with Gasteiger partial charge in [0.15, 0.2) is 23.0 Å². The minimum absolute atomic E-state index is 0.0625. The van der Waals surface area contributed by atoms with E-state index in [2.05, 4.69) is 0 Å². The van der Waals surface area contributed by atoms with Crippen LogP contribution in [0.2, 0.25) is 0 Å². The standard InChI is InChI=1S/C20H20O7/c1-22-17-7-12(3-4-15(17)21)27-20-14-9-23-19(13(14)8-24-20)11-2-5-16-18(6-11)26-10-25-16/h2-7,13-14,19-21H,8-10H2,1H3/t13-,14+,19+,20-/m0/s1. The van der Waals surface area contributed by atoms with Gasteiger partial charge in [-0.3, -0.25) is 0 Å². The first kappa shape index (κ1) is 16.5. The summed E-state index contributed by atoms with van der Waals surface area (Å²) in [6.07, 6.45) is -0.462. The Labute approximate surface area is 156 Å². The van der Waals surface area contributed by atoms with Gasteiger partial charge in [0.2, 0.25) is 13.1 Å². The molecule has 1 N–H and O–H groups in total. The van der Waals surface area contributed by atoms with Crippen molar-refractivity contribution in [2.45, 2.75) is 12.4 Å². The fourth-order valence-electron chi connectivity index (χ4n) is 3.93. The highest BCUT2D eigenvalue weighted by Gasteiger charge is 2.49. The summed E-state index contributed by atoms with van der Waals surface area (Å²) in [5.41, 5.74) is 1.06. The zero-order chi connectivity index (χ0) is 18.4. The lowest BCUT2D eigenvalue weighted by molar-refractivity contribution is -0.0788. The largest absolute Gasteiger partial charge is 0.504 e. The molecule has 142 valence electrons. The average molecular weight is 372 g/mol. The van der Waals surface area contributed by atoms with E-state index in [0.717, 1.165) is 17.1 Å². The predicted molar refractivity (Wildman–Crippen MR) is 93.3 cm³/mol. The van der Waals surface area contributed by atoms with Crippen molar-refractivity contribution in [3.63, 3.8) is 0 Å². The molecule has 7 heteroatoms. The lowest BCUT2D eigenvalue weighted by atomic mass is 9.89. The van der Waals surface area contributed by atoms with Gasteiger partial charge in [-0.15, -0.1) is 0 Å². The first-order valence-electron chi connectivity index (χ1n) is 8.89. The van der Waals surface area contributed by atoms with E-state index >= 15 is 0 Å². The Kier molecular flexibility index (Phi) is 3.98. The zero-order valence-electron chi connectivity index (χ0n) is 14.8. The molecule has 3 aliphatic rings. The van der Waals surface area contributed by atoms with Gasteiger partial charge in [-0.25, -0.2) is 0 Å². The van der Waals surface area contributed by atoms with Crippen molar-refractivity contribution >= 4 is 0 Å². The smallest absolute Gasteiger partial charge is 0.231 e. The zero-order valence-corrected chi connectivity index (χ0v) is 14.8. The molecule has 2 aromatic carbocycles. The lowest BCUT2D eigenvalue weighted by Crippen LogP contribution is -2.26. The first-order valence-corrected chi connectivity index (χ1v) is 8.89. The van der Waals surface area contributed by atoms with Crippen LogP contribution in [0, 0.1) is 11.8 Å². The molecule has 2 fully saturated rings. The molecule has 0 radical (unpaired) electrons. The average Bonchev–Trinajstić information content (AvgIpc) is 3.39. The molecule has 0 bridgehead atoms. The number of rotatable bonds is 4. The number of ether oxygens (including phenoxy) is 6. The van der Waals surface area contributed by atoms with Crippen LogP contribution in [0.4, 0.5) is 0 Å². The van der Waals surface area contributed by atoms with Crippen molar-refractivity contribution < 1.29 is 33.5 Å². The van der Waals surface area contributed by atoms with Crippen LogP contribution in [-0.2, 0) is 9.47 Å². The quantitative estimate of drug-likeness (QED) is 0.884. The SMILES string of the molecule is COc1cc(O[C@@H]2OC[C@H]3[C@H]2CO[C@@H]3c2ccc3c(c2)OCO3)ccc1O. The minimum Gasteiger partial charge on any atom is -0.504 e. The van der Waals surface area contributed by atoms with Crippen LogP contribution in [0.25, 0.3) is 0 Å². The Morgan fingerprint density at radius 1 is 0.963 bits per heavy atom. The topological polar surface area (TPSA) is 75.6 Å². The van der Waals surface area contributed by atoms with Crippen molar-refractivity contribution in [3.8, 4) is 28.7 Å². The minimum atomic E-state index is -0.400. The maximum absolute atomic E-state index is 9.72. The Morgan fingerprint density at radius 2 is 1.81 bits per heavy atom. The highest BCUT2D eigenvalue weighted by atomic mass is 16.7. The molecule has 0 aromatic heterocycles. The normalized spacial score (nSPS) is 28.2. The molecule has 27 heavy (non-hydrogen) atoms. The molecule has 3 heterocycles. The van der Waals surface area contributed by atoms with Gasteiger partial charge in [-0.1, -0.05) is 6.07 Å². The van der Waals surface area contributed by atoms with Crippen LogP contribution in [-0.4, -0.2) is 38.5 Å². The number of hydrogen-bond donors (Lipinski definition) is 1. The van der Waals surface area contributed by atoms with Crippen molar-refractivity contribution in [3.05, 3.63) is 42.0 Å². The van der Waals surface area contributed by atoms with Crippen molar-refractivity contribution in [2.75, 3.05) is 27.1 Å². The monoisotopic (exact) mass is 372 g/mol. The third-order valence-electron chi connectivity index (χ3n) is 5.34. The molecule has 0 saturated carbocycles. The molecule has 5 rings (SSSR count). The van der Waals surface area contributed by atoms with Gasteiger partial charge in [-0.05, 0) is 29.8 Å². The fraction of sp³-hybridized carbons (Fsp3) is 0.400. The summed E-state index contributed by atoms with van der Waals surface area (Å²) >= 11 is 0. The molecule has 3 aliphatic heterocycles. The number of fused-ring (bicyclic) bond motifs is 2. The third-order valence-corrected chi connectivity index (χ3v) is 5.34. The van der Waals surface area contributed by atoms with E-state index in [-0.39, 0.29) is 30.5 Å². The maximum atomic E-state index is 9.72. The third kappa shape index (κ3) is 2.83. The second-order valence-electron chi connectivity index (χ2n) is 6.85. The summed E-state index contributed by atoms with van der Waals surface area (Å²) in [6.45, 7) is 1.37. The second-order valence-corrected chi connectivity index (χ2v) is 6.85. The lowest BCUT2D eigenvalue weighted by Gasteiger charge is -2.18. The van der Waals surface area contributed by atoms with Gasteiger partial charge in [0.1, 0.15) is 5.75 Å². The van der Waals surface area contributed by atoms with Gasteiger partial charge in [0, 0.05) is 12.0 Å². The second kappa shape index (κ2) is 6.51. The number of hydrogen-bond acceptors (Lipinski definition) is 7. The molecule has 0 spiro atoms. The van der Waals surface area contributed by atoms with Crippen LogP contribution in [0.3, 0.4) is 0 Å². The molecule has 4 atom stereocenters. The fourth-order valence-corrected chi connectivity index (χ4v) is 3.93. The number of methoxy groups -OCH3 is 1. The summed E-state index contributed by atoms with van der Waals surface area (Å²) in [4.78, 5) is 0. The van der Waals surface area contributed by atoms with E-state index in [9.17, 15) is 5.11 Å². The Bertz CT molecular complexity index is 852. The first-order chi connectivity index (χ1) is 13.2. The van der Waals surface area contributed by atoms with Gasteiger partial charge in [0.05, 0.1) is 32.3 Å². The number of aromatic hydroxyl groups is 1. The van der Waals surface area contributed by atoms with Crippen molar-refractivity contribution in [1.29, 1.82) is 0 Å². The summed E-state index contributed by atoms with van der Waals surface area (Å²) in [5.74, 6) is 2.86. The molecule has 2 aromatic rings. The van der Waals surface area contributed by atoms with E-state index in [1.54, 1.807) is 18.2 Å². The van der Waals surface area contributed by atoms with Crippen LogP contribution >= 0.6 is 0 Å². The van der Waals surface area contributed by atoms with E-state index in [0.29, 0.717) is 24.7 Å². The van der Waals surface area contributed by atoms with E-state index in [1.807, 2.05) is 18.2 Å².